The Labute approximate surface area is 161 Å². The zero-order valence-electron chi connectivity index (χ0n) is 16.3. The minimum atomic E-state index is 0.383. The molecule has 0 spiro atoms. The largest absolute Gasteiger partial charge is 0.497 e. The van der Waals surface area contributed by atoms with Crippen molar-refractivity contribution in [3.05, 3.63) is 41.1 Å². The number of nitrogens with one attached hydrogen (secondary N) is 2. The second-order valence-corrected chi connectivity index (χ2v) is 7.49. The number of rotatable bonds is 6. The molecule has 0 bridgehead atoms. The Morgan fingerprint density at radius 2 is 2.15 bits per heavy atom. The van der Waals surface area contributed by atoms with Gasteiger partial charge in [-0.25, -0.2) is 4.98 Å². The fourth-order valence-corrected chi connectivity index (χ4v) is 4.23. The van der Waals surface area contributed by atoms with E-state index in [9.17, 15) is 0 Å². The molecule has 2 aliphatic rings. The van der Waals surface area contributed by atoms with E-state index in [0.29, 0.717) is 6.04 Å². The SMILES string of the molecule is CNc1nc(N[C@@H]2CCCN(Cc3cccc(OC)c3)C2)nc2c1CCC2. The van der Waals surface area contributed by atoms with Crippen molar-refractivity contribution in [3.63, 3.8) is 0 Å². The normalized spacial score (nSPS) is 19.6. The molecule has 0 unspecified atom stereocenters. The zero-order valence-corrected chi connectivity index (χ0v) is 16.3. The van der Waals surface area contributed by atoms with Crippen molar-refractivity contribution in [2.45, 2.75) is 44.7 Å². The molecule has 1 saturated heterocycles. The molecule has 1 aromatic heterocycles. The molecule has 1 fully saturated rings. The van der Waals surface area contributed by atoms with E-state index < -0.39 is 0 Å². The number of aromatic nitrogens is 2. The molecule has 6 heteroatoms. The molecule has 1 aliphatic carbocycles. The van der Waals surface area contributed by atoms with Gasteiger partial charge in [-0.1, -0.05) is 12.1 Å². The summed E-state index contributed by atoms with van der Waals surface area (Å²) in [7, 11) is 3.66. The Morgan fingerprint density at radius 3 is 3.00 bits per heavy atom. The Hall–Kier alpha value is -2.34. The molecule has 6 nitrogen and oxygen atoms in total. The van der Waals surface area contributed by atoms with E-state index in [1.807, 2.05) is 13.1 Å². The number of hydrogen-bond acceptors (Lipinski definition) is 6. The average molecular weight is 367 g/mol. The highest BCUT2D eigenvalue weighted by Gasteiger charge is 2.23. The van der Waals surface area contributed by atoms with Crippen LogP contribution in [0.3, 0.4) is 0 Å². The molecule has 144 valence electrons. The predicted molar refractivity (Wildman–Crippen MR) is 109 cm³/mol. The van der Waals surface area contributed by atoms with Gasteiger partial charge in [-0.05, 0) is 56.3 Å². The van der Waals surface area contributed by atoms with E-state index in [4.69, 9.17) is 14.7 Å². The Morgan fingerprint density at radius 1 is 1.22 bits per heavy atom. The maximum atomic E-state index is 5.35. The molecule has 0 amide bonds. The fraction of sp³-hybridized carbons (Fsp3) is 0.524. The van der Waals surface area contributed by atoms with Crippen molar-refractivity contribution in [1.82, 2.24) is 14.9 Å². The second-order valence-electron chi connectivity index (χ2n) is 7.49. The molecule has 2 aromatic rings. The van der Waals surface area contributed by atoms with E-state index >= 15 is 0 Å². The molecule has 1 aromatic carbocycles. The van der Waals surface area contributed by atoms with Gasteiger partial charge in [-0.3, -0.25) is 4.90 Å². The van der Waals surface area contributed by atoms with Crippen LogP contribution in [0.2, 0.25) is 0 Å². The molecule has 27 heavy (non-hydrogen) atoms. The topological polar surface area (TPSA) is 62.3 Å². The molecular formula is C21H29N5O. The van der Waals surface area contributed by atoms with E-state index in [1.54, 1.807) is 7.11 Å². The number of fused-ring (bicyclic) bond motifs is 1. The summed E-state index contributed by atoms with van der Waals surface area (Å²) in [6, 6.07) is 8.73. The Balaban J connectivity index is 1.41. The molecule has 2 heterocycles. The lowest BCUT2D eigenvalue weighted by molar-refractivity contribution is 0.208. The molecule has 4 rings (SSSR count). The minimum absolute atomic E-state index is 0.383. The summed E-state index contributed by atoms with van der Waals surface area (Å²) < 4.78 is 5.35. The number of ether oxygens (including phenoxy) is 1. The number of benzene rings is 1. The van der Waals surface area contributed by atoms with Gasteiger partial charge in [0.15, 0.2) is 0 Å². The molecule has 0 radical (unpaired) electrons. The number of anilines is 2. The van der Waals surface area contributed by atoms with Crippen LogP contribution < -0.4 is 15.4 Å². The third kappa shape index (κ3) is 4.16. The van der Waals surface area contributed by atoms with Crippen LogP contribution in [0.1, 0.15) is 36.1 Å². The average Bonchev–Trinajstić information content (AvgIpc) is 3.16. The smallest absolute Gasteiger partial charge is 0.225 e. The van der Waals surface area contributed by atoms with Gasteiger partial charge in [0.2, 0.25) is 5.95 Å². The van der Waals surface area contributed by atoms with Crippen LogP contribution in [0, 0.1) is 0 Å². The van der Waals surface area contributed by atoms with Gasteiger partial charge in [-0.2, -0.15) is 4.98 Å². The lowest BCUT2D eigenvalue weighted by Gasteiger charge is -2.33. The summed E-state index contributed by atoms with van der Waals surface area (Å²) in [5.41, 5.74) is 3.80. The number of hydrogen-bond donors (Lipinski definition) is 2. The highest BCUT2D eigenvalue weighted by atomic mass is 16.5. The molecule has 1 atom stereocenters. The first-order valence-corrected chi connectivity index (χ1v) is 9.94. The van der Waals surface area contributed by atoms with Gasteiger partial charge in [-0.15, -0.1) is 0 Å². The van der Waals surface area contributed by atoms with Crippen molar-refractivity contribution >= 4 is 11.8 Å². The molecule has 1 aliphatic heterocycles. The zero-order chi connectivity index (χ0) is 18.6. The summed E-state index contributed by atoms with van der Waals surface area (Å²) in [5, 5.41) is 6.84. The van der Waals surface area contributed by atoms with Crippen LogP contribution in [0.5, 0.6) is 5.75 Å². The van der Waals surface area contributed by atoms with Gasteiger partial charge in [0.05, 0.1) is 12.8 Å². The summed E-state index contributed by atoms with van der Waals surface area (Å²) in [5.74, 6) is 2.68. The molecule has 0 saturated carbocycles. The van der Waals surface area contributed by atoms with E-state index in [-0.39, 0.29) is 0 Å². The van der Waals surface area contributed by atoms with Crippen molar-refractivity contribution in [1.29, 1.82) is 0 Å². The quantitative estimate of drug-likeness (QED) is 0.818. The maximum absolute atomic E-state index is 5.35. The van der Waals surface area contributed by atoms with Crippen molar-refractivity contribution in [2.75, 3.05) is 37.9 Å². The standard InChI is InChI=1S/C21H29N5O/c1-22-20-18-9-4-10-19(18)24-21(25-20)23-16-7-5-11-26(14-16)13-15-6-3-8-17(12-15)27-2/h3,6,8,12,16H,4-5,7,9-11,13-14H2,1-2H3,(H2,22,23,24,25)/t16-/m1/s1. The molecular weight excluding hydrogens is 338 g/mol. The summed E-state index contributed by atoms with van der Waals surface area (Å²) in [4.78, 5) is 12.0. The van der Waals surface area contributed by atoms with Crippen LogP contribution in [-0.4, -0.2) is 48.2 Å². The maximum Gasteiger partial charge on any atom is 0.225 e. The number of piperidine rings is 1. The van der Waals surface area contributed by atoms with Crippen molar-refractivity contribution in [3.8, 4) is 5.75 Å². The number of likely N-dealkylation sites (tertiary alicyclic amines) is 1. The first-order valence-electron chi connectivity index (χ1n) is 9.94. The van der Waals surface area contributed by atoms with Crippen LogP contribution in [0.4, 0.5) is 11.8 Å². The first-order chi connectivity index (χ1) is 13.2. The summed E-state index contributed by atoms with van der Waals surface area (Å²) in [6.45, 7) is 3.08. The third-order valence-corrected chi connectivity index (χ3v) is 5.55. The number of aryl methyl sites for hydroxylation is 1. The first kappa shape index (κ1) is 18.0. The van der Waals surface area contributed by atoms with Crippen molar-refractivity contribution < 1.29 is 4.74 Å². The number of nitrogens with zero attached hydrogens (tertiary/aromatic N) is 3. The monoisotopic (exact) mass is 367 g/mol. The van der Waals surface area contributed by atoms with Crippen LogP contribution in [-0.2, 0) is 19.4 Å². The second kappa shape index (κ2) is 8.13. The molecule has 2 N–H and O–H groups in total. The highest BCUT2D eigenvalue weighted by molar-refractivity contribution is 5.52. The number of methoxy groups -OCH3 is 1. The van der Waals surface area contributed by atoms with E-state index in [1.165, 1.54) is 29.7 Å². The van der Waals surface area contributed by atoms with Gasteiger partial charge in [0, 0.05) is 31.7 Å². The lowest BCUT2D eigenvalue weighted by Crippen LogP contribution is -2.42. The van der Waals surface area contributed by atoms with Crippen molar-refractivity contribution in [2.24, 2.45) is 0 Å². The summed E-state index contributed by atoms with van der Waals surface area (Å²) >= 11 is 0. The van der Waals surface area contributed by atoms with Gasteiger partial charge in [0.25, 0.3) is 0 Å². The highest BCUT2D eigenvalue weighted by Crippen LogP contribution is 2.28. The van der Waals surface area contributed by atoms with E-state index in [2.05, 4.69) is 33.7 Å². The predicted octanol–water partition coefficient (Wildman–Crippen LogP) is 3.09. The van der Waals surface area contributed by atoms with Crippen LogP contribution in [0.25, 0.3) is 0 Å². The van der Waals surface area contributed by atoms with Gasteiger partial charge >= 0.3 is 0 Å². The minimum Gasteiger partial charge on any atom is -0.497 e. The van der Waals surface area contributed by atoms with E-state index in [0.717, 1.165) is 56.4 Å². The third-order valence-electron chi connectivity index (χ3n) is 5.55. The Bertz CT molecular complexity index is 794. The van der Waals surface area contributed by atoms with Gasteiger partial charge < -0.3 is 15.4 Å². The Kier molecular flexibility index (Phi) is 5.43. The van der Waals surface area contributed by atoms with Crippen LogP contribution >= 0.6 is 0 Å². The van der Waals surface area contributed by atoms with Gasteiger partial charge in [0.1, 0.15) is 11.6 Å². The van der Waals surface area contributed by atoms with Crippen LogP contribution in [0.15, 0.2) is 24.3 Å². The summed E-state index contributed by atoms with van der Waals surface area (Å²) in [6.07, 6.45) is 5.67. The lowest BCUT2D eigenvalue weighted by atomic mass is 10.0. The fourth-order valence-electron chi connectivity index (χ4n) is 4.23.